The molecule has 2 aromatic carbocycles. The van der Waals surface area contributed by atoms with Gasteiger partial charge in [0.15, 0.2) is 5.82 Å². The first-order chi connectivity index (χ1) is 15.8. The van der Waals surface area contributed by atoms with E-state index in [1.54, 1.807) is 18.2 Å². The van der Waals surface area contributed by atoms with E-state index in [0.717, 1.165) is 5.56 Å². The van der Waals surface area contributed by atoms with Gasteiger partial charge in [-0.25, -0.2) is 17.5 Å². The van der Waals surface area contributed by atoms with Crippen LogP contribution in [0.2, 0.25) is 5.02 Å². The van der Waals surface area contributed by atoms with Gasteiger partial charge >= 0.3 is 6.01 Å². The van der Waals surface area contributed by atoms with Crippen molar-refractivity contribution in [1.82, 2.24) is 19.7 Å². The van der Waals surface area contributed by atoms with Crippen molar-refractivity contribution >= 4 is 27.6 Å². The van der Waals surface area contributed by atoms with Crippen LogP contribution in [0.15, 0.2) is 47.4 Å². The Morgan fingerprint density at radius 2 is 1.79 bits per heavy atom. The summed E-state index contributed by atoms with van der Waals surface area (Å²) in [4.78, 5) is 12.7. The molecule has 0 unspecified atom stereocenters. The van der Waals surface area contributed by atoms with Crippen molar-refractivity contribution in [2.24, 2.45) is 0 Å². The van der Waals surface area contributed by atoms with Crippen LogP contribution in [0.25, 0.3) is 11.4 Å². The van der Waals surface area contributed by atoms with Crippen molar-refractivity contribution in [2.75, 3.05) is 39.2 Å². The second-order valence-electron chi connectivity index (χ2n) is 6.81. The van der Waals surface area contributed by atoms with Crippen LogP contribution in [0.3, 0.4) is 0 Å². The molecule has 0 amide bonds. The fourth-order valence-corrected chi connectivity index (χ4v) is 4.37. The van der Waals surface area contributed by atoms with Gasteiger partial charge in [0.05, 0.1) is 18.7 Å². The molecule has 9 nitrogen and oxygen atoms in total. The lowest BCUT2D eigenvalue weighted by atomic mass is 10.1. The SMILES string of the molecule is COCCNS(=O)(=O)c1cc(-c2nc(NCCc3ccc(F)cc3)nc(OC)n2)ccc1Cl. The number of methoxy groups -OCH3 is 2. The van der Waals surface area contributed by atoms with Gasteiger partial charge in [-0.1, -0.05) is 23.7 Å². The first kappa shape index (κ1) is 24.8. The largest absolute Gasteiger partial charge is 0.467 e. The molecule has 0 atom stereocenters. The number of ether oxygens (including phenoxy) is 2. The second kappa shape index (κ2) is 11.3. The van der Waals surface area contributed by atoms with Crippen molar-refractivity contribution in [3.05, 3.63) is 58.9 Å². The standard InChI is InChI=1S/C21H23ClFN5O4S/c1-31-12-11-25-33(29,30)18-13-15(5-8-17(18)22)19-26-20(28-21(27-19)32-2)24-10-9-14-3-6-16(23)7-4-14/h3-8,13,25H,9-12H2,1-2H3,(H,24,26,27,28). The minimum atomic E-state index is -3.87. The van der Waals surface area contributed by atoms with Crippen molar-refractivity contribution in [1.29, 1.82) is 0 Å². The normalized spacial score (nSPS) is 11.4. The Balaban J connectivity index is 1.82. The molecule has 12 heteroatoms. The number of nitrogens with one attached hydrogen (secondary N) is 2. The minimum Gasteiger partial charge on any atom is -0.467 e. The Morgan fingerprint density at radius 1 is 1.03 bits per heavy atom. The summed E-state index contributed by atoms with van der Waals surface area (Å²) in [7, 11) is -0.985. The fraction of sp³-hybridized carbons (Fsp3) is 0.286. The molecule has 1 aromatic heterocycles. The Bertz CT molecular complexity index is 1200. The summed E-state index contributed by atoms with van der Waals surface area (Å²) in [5.41, 5.74) is 1.35. The predicted molar refractivity (Wildman–Crippen MR) is 122 cm³/mol. The number of halogens is 2. The second-order valence-corrected chi connectivity index (χ2v) is 8.95. The molecule has 2 N–H and O–H groups in total. The molecule has 0 saturated carbocycles. The van der Waals surface area contributed by atoms with Gasteiger partial charge in [-0.3, -0.25) is 0 Å². The quantitative estimate of drug-likeness (QED) is 0.390. The molecule has 0 radical (unpaired) electrons. The highest BCUT2D eigenvalue weighted by molar-refractivity contribution is 7.89. The van der Waals surface area contributed by atoms with E-state index < -0.39 is 10.0 Å². The third kappa shape index (κ3) is 6.81. The van der Waals surface area contributed by atoms with E-state index in [-0.39, 0.29) is 46.7 Å². The number of aromatic nitrogens is 3. The molecule has 33 heavy (non-hydrogen) atoms. The predicted octanol–water partition coefficient (Wildman–Crippen LogP) is 2.92. The number of hydrogen-bond donors (Lipinski definition) is 2. The maximum absolute atomic E-state index is 13.1. The summed E-state index contributed by atoms with van der Waals surface area (Å²) in [5, 5.41) is 3.13. The molecular weight excluding hydrogens is 473 g/mol. The van der Waals surface area contributed by atoms with Crippen molar-refractivity contribution in [3.8, 4) is 17.4 Å². The van der Waals surface area contributed by atoms with Crippen LogP contribution in [-0.2, 0) is 21.2 Å². The van der Waals surface area contributed by atoms with E-state index in [2.05, 4.69) is 25.0 Å². The third-order valence-corrected chi connectivity index (χ3v) is 6.43. The zero-order valence-electron chi connectivity index (χ0n) is 18.0. The van der Waals surface area contributed by atoms with Crippen LogP contribution in [0.5, 0.6) is 6.01 Å². The lowest BCUT2D eigenvalue weighted by molar-refractivity contribution is 0.204. The van der Waals surface area contributed by atoms with Crippen LogP contribution in [0.4, 0.5) is 10.3 Å². The highest BCUT2D eigenvalue weighted by atomic mass is 35.5. The highest BCUT2D eigenvalue weighted by Crippen LogP contribution is 2.27. The average Bonchev–Trinajstić information content (AvgIpc) is 2.80. The fourth-order valence-electron chi connectivity index (χ4n) is 2.83. The summed E-state index contributed by atoms with van der Waals surface area (Å²) in [5.74, 6) is 0.157. The molecule has 0 aliphatic heterocycles. The first-order valence-corrected chi connectivity index (χ1v) is 11.8. The Hall–Kier alpha value is -2.86. The van der Waals surface area contributed by atoms with Crippen LogP contribution in [0.1, 0.15) is 5.56 Å². The Labute approximate surface area is 196 Å². The molecular formula is C21H23ClFN5O4S. The van der Waals surface area contributed by atoms with E-state index in [1.807, 2.05) is 0 Å². The molecule has 0 aliphatic carbocycles. The number of hydrogen-bond acceptors (Lipinski definition) is 8. The first-order valence-electron chi connectivity index (χ1n) is 9.89. The van der Waals surface area contributed by atoms with Crippen molar-refractivity contribution in [3.63, 3.8) is 0 Å². The van der Waals surface area contributed by atoms with Gasteiger partial charge in [0.25, 0.3) is 0 Å². The lowest BCUT2D eigenvalue weighted by Crippen LogP contribution is -2.27. The third-order valence-electron chi connectivity index (χ3n) is 4.48. The van der Waals surface area contributed by atoms with Gasteiger partial charge < -0.3 is 14.8 Å². The van der Waals surface area contributed by atoms with Crippen LogP contribution < -0.4 is 14.8 Å². The summed E-state index contributed by atoms with van der Waals surface area (Å²) in [6, 6.07) is 10.7. The number of benzene rings is 2. The Morgan fingerprint density at radius 3 is 2.48 bits per heavy atom. The monoisotopic (exact) mass is 495 g/mol. The zero-order valence-corrected chi connectivity index (χ0v) is 19.6. The van der Waals surface area contributed by atoms with Gasteiger partial charge in [-0.05, 0) is 42.3 Å². The molecule has 1 heterocycles. The number of rotatable bonds is 11. The van der Waals surface area contributed by atoms with Gasteiger partial charge in [-0.15, -0.1) is 0 Å². The molecule has 0 saturated heterocycles. The molecule has 3 rings (SSSR count). The lowest BCUT2D eigenvalue weighted by Gasteiger charge is -2.11. The van der Waals surface area contributed by atoms with Crippen LogP contribution in [0, 0.1) is 5.82 Å². The smallest absolute Gasteiger partial charge is 0.321 e. The van der Waals surface area contributed by atoms with Gasteiger partial charge in [0.1, 0.15) is 10.7 Å². The Kier molecular flexibility index (Phi) is 8.50. The molecule has 3 aromatic rings. The molecule has 0 bridgehead atoms. The topological polar surface area (TPSA) is 115 Å². The molecule has 0 aliphatic rings. The number of nitrogens with zero attached hydrogens (tertiary/aromatic N) is 3. The van der Waals surface area contributed by atoms with E-state index in [1.165, 1.54) is 38.5 Å². The average molecular weight is 496 g/mol. The maximum atomic E-state index is 13.1. The summed E-state index contributed by atoms with van der Waals surface area (Å²) in [6.07, 6.45) is 0.611. The summed E-state index contributed by atoms with van der Waals surface area (Å²) >= 11 is 6.14. The number of sulfonamides is 1. The number of anilines is 1. The highest BCUT2D eigenvalue weighted by Gasteiger charge is 2.20. The van der Waals surface area contributed by atoms with E-state index >= 15 is 0 Å². The van der Waals surface area contributed by atoms with Gasteiger partial charge in [0, 0.05) is 25.8 Å². The maximum Gasteiger partial charge on any atom is 0.321 e. The van der Waals surface area contributed by atoms with Crippen LogP contribution in [-0.4, -0.2) is 57.3 Å². The van der Waals surface area contributed by atoms with Gasteiger partial charge in [-0.2, -0.15) is 15.0 Å². The molecule has 0 fully saturated rings. The molecule has 0 spiro atoms. The van der Waals surface area contributed by atoms with Crippen molar-refractivity contribution < 1.29 is 22.3 Å². The molecule has 176 valence electrons. The zero-order chi connectivity index (χ0) is 23.8. The van der Waals surface area contributed by atoms with E-state index in [0.29, 0.717) is 18.5 Å². The van der Waals surface area contributed by atoms with Crippen molar-refractivity contribution in [2.45, 2.75) is 11.3 Å². The van der Waals surface area contributed by atoms with E-state index in [9.17, 15) is 12.8 Å². The summed E-state index contributed by atoms with van der Waals surface area (Å²) < 4.78 is 50.8. The van der Waals surface area contributed by atoms with Crippen LogP contribution >= 0.6 is 11.6 Å². The minimum absolute atomic E-state index is 0.0573. The summed E-state index contributed by atoms with van der Waals surface area (Å²) in [6.45, 7) is 0.789. The van der Waals surface area contributed by atoms with Gasteiger partial charge in [0.2, 0.25) is 16.0 Å². The van der Waals surface area contributed by atoms with E-state index in [4.69, 9.17) is 21.1 Å².